The van der Waals surface area contributed by atoms with Crippen LogP contribution in [0.25, 0.3) is 0 Å². The first-order valence-electron chi connectivity index (χ1n) is 7.09. The van der Waals surface area contributed by atoms with Gasteiger partial charge in [0.05, 0.1) is 6.04 Å². The first-order chi connectivity index (χ1) is 9.46. The van der Waals surface area contributed by atoms with E-state index in [-0.39, 0.29) is 11.6 Å². The summed E-state index contributed by atoms with van der Waals surface area (Å²) in [5, 5.41) is 0. The Balaban J connectivity index is 1.95. The van der Waals surface area contributed by atoms with E-state index in [0.717, 1.165) is 17.7 Å². The maximum atomic E-state index is 6.44. The Kier molecular flexibility index (Phi) is 3.06. The van der Waals surface area contributed by atoms with Gasteiger partial charge in [0.1, 0.15) is 11.4 Å². The van der Waals surface area contributed by atoms with E-state index in [1.807, 2.05) is 12.1 Å². The topological polar surface area (TPSA) is 35.2 Å². The van der Waals surface area contributed by atoms with Crippen molar-refractivity contribution in [2.45, 2.75) is 38.8 Å². The average Bonchev–Trinajstić information content (AvgIpc) is 2.71. The number of nitrogens with two attached hydrogens (primary N) is 1. The summed E-state index contributed by atoms with van der Waals surface area (Å²) in [4.78, 5) is 0. The fourth-order valence-electron chi connectivity index (χ4n) is 2.94. The fraction of sp³-hybridized carbons (Fsp3) is 0.333. The predicted octanol–water partition coefficient (Wildman–Crippen LogP) is 3.76. The molecule has 0 radical (unpaired) electrons. The maximum Gasteiger partial charge on any atom is 0.123 e. The van der Waals surface area contributed by atoms with Crippen molar-refractivity contribution in [3.63, 3.8) is 0 Å². The van der Waals surface area contributed by atoms with Crippen molar-refractivity contribution in [2.75, 3.05) is 0 Å². The van der Waals surface area contributed by atoms with E-state index >= 15 is 0 Å². The van der Waals surface area contributed by atoms with Gasteiger partial charge in [0, 0.05) is 6.42 Å². The first-order valence-corrected chi connectivity index (χ1v) is 7.09. The number of hydrogen-bond donors (Lipinski definition) is 1. The van der Waals surface area contributed by atoms with Crippen LogP contribution in [-0.4, -0.2) is 5.60 Å². The number of hydrogen-bond acceptors (Lipinski definition) is 2. The van der Waals surface area contributed by atoms with E-state index in [0.29, 0.717) is 0 Å². The third-order valence-electron chi connectivity index (χ3n) is 3.97. The smallest absolute Gasteiger partial charge is 0.123 e. The van der Waals surface area contributed by atoms with Crippen LogP contribution in [0.5, 0.6) is 5.75 Å². The number of aryl methyl sites for hydroxylation is 1. The van der Waals surface area contributed by atoms with Crippen molar-refractivity contribution in [1.82, 2.24) is 0 Å². The summed E-state index contributed by atoms with van der Waals surface area (Å²) in [5.74, 6) is 0.996. The lowest BCUT2D eigenvalue weighted by Gasteiger charge is -2.16. The first kappa shape index (κ1) is 13.2. The van der Waals surface area contributed by atoms with E-state index in [9.17, 15) is 0 Å². The van der Waals surface area contributed by atoms with Crippen LogP contribution in [-0.2, 0) is 6.42 Å². The van der Waals surface area contributed by atoms with Crippen molar-refractivity contribution in [3.05, 3.63) is 64.7 Å². The normalized spacial score (nSPS) is 17.4. The molecule has 20 heavy (non-hydrogen) atoms. The summed E-state index contributed by atoms with van der Waals surface area (Å²) in [6.45, 7) is 6.34. The van der Waals surface area contributed by atoms with E-state index in [4.69, 9.17) is 10.5 Å². The molecular weight excluding hydrogens is 246 g/mol. The fourth-order valence-corrected chi connectivity index (χ4v) is 2.94. The summed E-state index contributed by atoms with van der Waals surface area (Å²) in [7, 11) is 0. The minimum atomic E-state index is -0.103. The largest absolute Gasteiger partial charge is 0.487 e. The van der Waals surface area contributed by atoms with Gasteiger partial charge in [-0.1, -0.05) is 36.4 Å². The molecule has 2 aromatic rings. The Morgan fingerprint density at radius 1 is 1.15 bits per heavy atom. The minimum Gasteiger partial charge on any atom is -0.487 e. The molecule has 1 aliphatic heterocycles. The highest BCUT2D eigenvalue weighted by Gasteiger charge is 2.30. The summed E-state index contributed by atoms with van der Waals surface area (Å²) < 4.78 is 5.92. The minimum absolute atomic E-state index is 0.0785. The molecular formula is C18H21NO. The van der Waals surface area contributed by atoms with Gasteiger partial charge in [0.25, 0.3) is 0 Å². The molecule has 0 aliphatic carbocycles. The Labute approximate surface area is 120 Å². The maximum absolute atomic E-state index is 6.44. The van der Waals surface area contributed by atoms with Crippen LogP contribution in [0.3, 0.4) is 0 Å². The van der Waals surface area contributed by atoms with Crippen LogP contribution in [0.1, 0.15) is 42.1 Å². The molecule has 0 bridgehead atoms. The van der Waals surface area contributed by atoms with Crippen LogP contribution in [0, 0.1) is 6.92 Å². The summed E-state index contributed by atoms with van der Waals surface area (Å²) in [5.41, 5.74) is 11.2. The molecule has 2 aromatic carbocycles. The molecule has 2 heteroatoms. The molecule has 1 heterocycles. The predicted molar refractivity (Wildman–Crippen MR) is 82.1 cm³/mol. The molecule has 2 N–H and O–H groups in total. The zero-order chi connectivity index (χ0) is 14.3. The summed E-state index contributed by atoms with van der Waals surface area (Å²) >= 11 is 0. The van der Waals surface area contributed by atoms with Crippen LogP contribution in [0.4, 0.5) is 0 Å². The van der Waals surface area contributed by atoms with Gasteiger partial charge in [-0.25, -0.2) is 0 Å². The number of benzene rings is 2. The molecule has 0 fully saturated rings. The van der Waals surface area contributed by atoms with E-state index < -0.39 is 0 Å². The second kappa shape index (κ2) is 4.64. The third kappa shape index (κ3) is 2.32. The molecule has 2 nitrogen and oxygen atoms in total. The van der Waals surface area contributed by atoms with Gasteiger partial charge >= 0.3 is 0 Å². The van der Waals surface area contributed by atoms with Crippen molar-refractivity contribution in [3.8, 4) is 5.75 Å². The Morgan fingerprint density at radius 2 is 1.90 bits per heavy atom. The standard InChI is InChI=1S/C18H21NO/c1-12-6-4-5-7-15(12)17(19)13-8-9-16-14(10-13)11-18(2,3)20-16/h4-10,17H,11,19H2,1-3H3. The molecule has 0 spiro atoms. The molecule has 0 amide bonds. The molecule has 1 unspecified atom stereocenters. The molecule has 0 saturated heterocycles. The van der Waals surface area contributed by atoms with E-state index in [1.165, 1.54) is 16.7 Å². The Bertz CT molecular complexity index is 646. The lowest BCUT2D eigenvalue weighted by atomic mass is 9.93. The van der Waals surface area contributed by atoms with Crippen molar-refractivity contribution in [2.24, 2.45) is 5.73 Å². The molecule has 104 valence electrons. The molecule has 0 aromatic heterocycles. The summed E-state index contributed by atoms with van der Waals surface area (Å²) in [6, 6.07) is 14.6. The van der Waals surface area contributed by atoms with Crippen LogP contribution in [0.15, 0.2) is 42.5 Å². The van der Waals surface area contributed by atoms with Crippen LogP contribution in [0.2, 0.25) is 0 Å². The highest BCUT2D eigenvalue weighted by molar-refractivity contribution is 5.45. The lowest BCUT2D eigenvalue weighted by molar-refractivity contribution is 0.138. The number of fused-ring (bicyclic) bond motifs is 1. The molecule has 3 rings (SSSR count). The van der Waals surface area contributed by atoms with Crippen molar-refractivity contribution in [1.29, 1.82) is 0 Å². The van der Waals surface area contributed by atoms with Gasteiger partial charge in [-0.15, -0.1) is 0 Å². The van der Waals surface area contributed by atoms with Gasteiger partial charge in [-0.2, -0.15) is 0 Å². The van der Waals surface area contributed by atoms with Gasteiger partial charge in [0.15, 0.2) is 0 Å². The lowest BCUT2D eigenvalue weighted by Crippen LogP contribution is -2.24. The summed E-state index contributed by atoms with van der Waals surface area (Å²) in [6.07, 6.45) is 0.941. The Hall–Kier alpha value is -1.80. The number of ether oxygens (including phenoxy) is 1. The quantitative estimate of drug-likeness (QED) is 0.899. The van der Waals surface area contributed by atoms with E-state index in [1.54, 1.807) is 0 Å². The molecule has 1 aliphatic rings. The Morgan fingerprint density at radius 3 is 2.65 bits per heavy atom. The van der Waals surface area contributed by atoms with Crippen molar-refractivity contribution < 1.29 is 4.74 Å². The van der Waals surface area contributed by atoms with Gasteiger partial charge in [-0.05, 0) is 49.1 Å². The number of rotatable bonds is 2. The molecule has 1 atom stereocenters. The second-order valence-electron chi connectivity index (χ2n) is 6.24. The highest BCUT2D eigenvalue weighted by Crippen LogP contribution is 2.36. The zero-order valence-corrected chi connectivity index (χ0v) is 12.3. The molecule has 0 saturated carbocycles. The highest BCUT2D eigenvalue weighted by atomic mass is 16.5. The second-order valence-corrected chi connectivity index (χ2v) is 6.24. The van der Waals surface area contributed by atoms with E-state index in [2.05, 4.69) is 51.1 Å². The van der Waals surface area contributed by atoms with Gasteiger partial charge < -0.3 is 10.5 Å². The average molecular weight is 267 g/mol. The van der Waals surface area contributed by atoms with Crippen LogP contribution >= 0.6 is 0 Å². The SMILES string of the molecule is Cc1ccccc1C(N)c1ccc2c(c1)CC(C)(C)O2. The van der Waals surface area contributed by atoms with Crippen molar-refractivity contribution >= 4 is 0 Å². The monoisotopic (exact) mass is 267 g/mol. The van der Waals surface area contributed by atoms with Gasteiger partial charge in [-0.3, -0.25) is 0 Å². The third-order valence-corrected chi connectivity index (χ3v) is 3.97. The van der Waals surface area contributed by atoms with Gasteiger partial charge in [0.2, 0.25) is 0 Å². The zero-order valence-electron chi connectivity index (χ0n) is 12.3. The van der Waals surface area contributed by atoms with Crippen LogP contribution < -0.4 is 10.5 Å².